The molecule has 7 unspecified atom stereocenters. The maximum absolute atomic E-state index is 11.9. The molecule has 0 aliphatic carbocycles. The van der Waals surface area contributed by atoms with E-state index in [1.54, 1.807) is 41.5 Å². The fourth-order valence-corrected chi connectivity index (χ4v) is 3.88. The molecule has 0 aromatic rings. The van der Waals surface area contributed by atoms with Crippen LogP contribution in [0, 0.1) is 45.3 Å². The lowest BCUT2D eigenvalue weighted by Crippen LogP contribution is -2.27. The largest absolute Gasteiger partial charge is 0.481 e. The van der Waals surface area contributed by atoms with Crippen molar-refractivity contribution in [3.8, 4) is 24.3 Å². The number of hydrogen-bond donors (Lipinski definition) is 1. The van der Waals surface area contributed by atoms with E-state index < -0.39 is 64.9 Å². The monoisotopic (exact) mass is 776 g/mol. The Bertz CT molecular complexity index is 1410. The summed E-state index contributed by atoms with van der Waals surface area (Å²) in [5, 5.41) is 61.8. The van der Waals surface area contributed by atoms with E-state index in [9.17, 15) is 35.0 Å². The molecule has 0 bridgehead atoms. The molecule has 55 heavy (non-hydrogen) atoms. The number of carboxylic acid groups (broad SMARTS) is 1. The average molecular weight is 777 g/mol. The quantitative estimate of drug-likeness (QED) is 0.0482. The molecule has 0 heterocycles. The molecular weight excluding hydrogens is 720 g/mol. The van der Waals surface area contributed by atoms with Crippen LogP contribution < -0.4 is 0 Å². The molecule has 0 aliphatic heterocycles. The van der Waals surface area contributed by atoms with Crippen molar-refractivity contribution in [2.75, 3.05) is 19.8 Å². The first-order valence-electron chi connectivity index (χ1n) is 17.8. The van der Waals surface area contributed by atoms with E-state index >= 15 is 0 Å². The molecule has 19 heteroatoms. The fourth-order valence-electron chi connectivity index (χ4n) is 3.88. The molecule has 19 nitrogen and oxygen atoms in total. The molecule has 0 aliphatic rings. The highest BCUT2D eigenvalue weighted by molar-refractivity contribution is 5.70. The van der Waals surface area contributed by atoms with Crippen LogP contribution in [0.5, 0.6) is 0 Å². The Balaban J connectivity index is 0. The SMILES string of the molecule is CCOC(C)OC(=O)CCC(C)(C#N)N=NC(C)(C#N)CCC(=O)O.CCOC(C)OC(=O)CCC(C)(C#N)N=NC(C)(C#N)CCC(=O)OC(C)OCC. The minimum Gasteiger partial charge on any atom is -0.481 e. The van der Waals surface area contributed by atoms with E-state index in [1.165, 1.54) is 27.7 Å². The molecule has 0 aromatic carbocycles. The van der Waals surface area contributed by atoms with E-state index in [0.29, 0.717) is 19.8 Å². The van der Waals surface area contributed by atoms with Crippen molar-refractivity contribution in [3.63, 3.8) is 0 Å². The predicted molar refractivity (Wildman–Crippen MR) is 192 cm³/mol. The summed E-state index contributed by atoms with van der Waals surface area (Å²) in [4.78, 5) is 46.1. The Kier molecular flexibility index (Phi) is 25.2. The first-order chi connectivity index (χ1) is 25.6. The van der Waals surface area contributed by atoms with E-state index in [0.717, 1.165) is 0 Å². The van der Waals surface area contributed by atoms with Gasteiger partial charge in [-0.3, -0.25) is 19.2 Å². The zero-order valence-electron chi connectivity index (χ0n) is 33.6. The predicted octanol–water partition coefficient (Wildman–Crippen LogP) is 5.99. The van der Waals surface area contributed by atoms with E-state index in [4.69, 9.17) is 38.8 Å². The van der Waals surface area contributed by atoms with Crippen molar-refractivity contribution in [1.82, 2.24) is 0 Å². The van der Waals surface area contributed by atoms with Crippen molar-refractivity contribution in [2.24, 2.45) is 20.5 Å². The van der Waals surface area contributed by atoms with Crippen LogP contribution in [0.15, 0.2) is 20.5 Å². The Morgan fingerprint density at radius 3 is 0.909 bits per heavy atom. The van der Waals surface area contributed by atoms with Gasteiger partial charge >= 0.3 is 23.9 Å². The van der Waals surface area contributed by atoms with Crippen LogP contribution >= 0.6 is 0 Å². The van der Waals surface area contributed by atoms with Crippen LogP contribution in [0.25, 0.3) is 0 Å². The molecule has 0 saturated heterocycles. The molecule has 1 N–H and O–H groups in total. The fraction of sp³-hybridized carbons (Fsp3) is 0.778. The molecule has 0 radical (unpaired) electrons. The van der Waals surface area contributed by atoms with Gasteiger partial charge in [0.2, 0.25) is 0 Å². The summed E-state index contributed by atoms with van der Waals surface area (Å²) in [5.41, 5.74) is -5.32. The van der Waals surface area contributed by atoms with Crippen molar-refractivity contribution in [1.29, 1.82) is 21.0 Å². The molecule has 0 saturated carbocycles. The highest BCUT2D eigenvalue weighted by Gasteiger charge is 2.31. The number of nitrogens with zero attached hydrogens (tertiary/aromatic N) is 8. The Hall–Kier alpha value is -5.08. The Morgan fingerprint density at radius 2 is 0.727 bits per heavy atom. The molecule has 0 fully saturated rings. The van der Waals surface area contributed by atoms with Gasteiger partial charge in [-0.05, 0) is 94.9 Å². The minimum atomic E-state index is -1.35. The number of carboxylic acids is 1. The van der Waals surface area contributed by atoms with E-state index in [1.807, 2.05) is 24.3 Å². The highest BCUT2D eigenvalue weighted by atomic mass is 16.7. The molecule has 0 rings (SSSR count). The summed E-state index contributed by atoms with van der Waals surface area (Å²) < 4.78 is 30.5. The number of ether oxygens (including phenoxy) is 6. The summed E-state index contributed by atoms with van der Waals surface area (Å²) >= 11 is 0. The summed E-state index contributed by atoms with van der Waals surface area (Å²) in [5.74, 6) is -2.64. The van der Waals surface area contributed by atoms with Crippen LogP contribution in [0.1, 0.15) is 121 Å². The minimum absolute atomic E-state index is 0.0300. The van der Waals surface area contributed by atoms with Crippen molar-refractivity contribution in [2.45, 2.75) is 162 Å². The number of esters is 3. The van der Waals surface area contributed by atoms with Gasteiger partial charge in [0.05, 0.1) is 24.3 Å². The maximum Gasteiger partial charge on any atom is 0.308 e. The molecule has 0 spiro atoms. The molecule has 0 amide bonds. The van der Waals surface area contributed by atoms with Crippen LogP contribution in [0.3, 0.4) is 0 Å². The zero-order chi connectivity index (χ0) is 42.7. The van der Waals surface area contributed by atoms with Crippen molar-refractivity contribution < 1.29 is 52.7 Å². The van der Waals surface area contributed by atoms with Crippen LogP contribution in [-0.4, -0.2) is 89.8 Å². The van der Waals surface area contributed by atoms with E-state index in [2.05, 4.69) is 20.5 Å². The third-order valence-corrected chi connectivity index (χ3v) is 7.32. The van der Waals surface area contributed by atoms with Crippen molar-refractivity contribution in [3.05, 3.63) is 0 Å². The second kappa shape index (κ2) is 26.7. The van der Waals surface area contributed by atoms with Gasteiger partial charge in [-0.15, -0.1) is 0 Å². The highest BCUT2D eigenvalue weighted by Crippen LogP contribution is 2.25. The smallest absolute Gasteiger partial charge is 0.308 e. The standard InChI is InChI=1S/C20H32N4O6.C16H24N4O5/c1-7-27-15(3)29-17(25)9-11-19(5,13-21)23-24-20(6,14-22)12-10-18(26)30-16(4)28-8-2;1-5-24-12(2)25-14(23)7-9-16(4,11-18)20-19-15(3,10-17)8-6-13(21)22/h15-16H,7-12H2,1-6H3;12H,5-9H2,1-4H3,(H,21,22). The van der Waals surface area contributed by atoms with E-state index in [-0.39, 0.29) is 51.4 Å². The summed E-state index contributed by atoms with van der Waals surface area (Å²) in [6.07, 6.45) is -2.34. The average Bonchev–Trinajstić information content (AvgIpc) is 3.13. The molecule has 0 aromatic heterocycles. The summed E-state index contributed by atoms with van der Waals surface area (Å²) in [6.45, 7) is 17.3. The maximum atomic E-state index is 11.9. The van der Waals surface area contributed by atoms with Crippen molar-refractivity contribution >= 4 is 23.9 Å². The second-order valence-corrected chi connectivity index (χ2v) is 12.9. The first-order valence-corrected chi connectivity index (χ1v) is 17.8. The summed E-state index contributed by atoms with van der Waals surface area (Å²) in [7, 11) is 0. The van der Waals surface area contributed by atoms with Gasteiger partial charge in [-0.25, -0.2) is 0 Å². The number of carbonyl (C=O) groups excluding carboxylic acids is 3. The van der Waals surface area contributed by atoms with Crippen LogP contribution in [0.2, 0.25) is 0 Å². The number of aliphatic carboxylic acids is 1. The number of rotatable bonds is 25. The second-order valence-electron chi connectivity index (χ2n) is 12.9. The third kappa shape index (κ3) is 24.8. The van der Waals surface area contributed by atoms with Gasteiger partial charge in [0.1, 0.15) is 0 Å². The van der Waals surface area contributed by atoms with Gasteiger partial charge in [0, 0.05) is 45.5 Å². The van der Waals surface area contributed by atoms with Crippen LogP contribution in [-0.2, 0) is 47.6 Å². The van der Waals surface area contributed by atoms with Gasteiger partial charge in [0.15, 0.2) is 41.0 Å². The van der Waals surface area contributed by atoms with Gasteiger partial charge in [-0.1, -0.05) is 0 Å². The number of nitriles is 4. The number of hydrogen-bond acceptors (Lipinski definition) is 18. The zero-order valence-corrected chi connectivity index (χ0v) is 33.6. The Morgan fingerprint density at radius 1 is 0.509 bits per heavy atom. The van der Waals surface area contributed by atoms with Gasteiger partial charge < -0.3 is 33.5 Å². The van der Waals surface area contributed by atoms with Gasteiger partial charge in [-0.2, -0.15) is 41.5 Å². The van der Waals surface area contributed by atoms with Crippen LogP contribution in [0.4, 0.5) is 0 Å². The molecule has 306 valence electrons. The lowest BCUT2D eigenvalue weighted by molar-refractivity contribution is -0.175. The summed E-state index contributed by atoms with van der Waals surface area (Å²) in [6, 6.07) is 7.84. The van der Waals surface area contributed by atoms with Gasteiger partial charge in [0.25, 0.3) is 0 Å². The first kappa shape index (κ1) is 52.0. The number of azo groups is 2. The molecule has 7 atom stereocenters. The topological polar surface area (TPSA) is 288 Å². The Labute approximate surface area is 323 Å². The lowest BCUT2D eigenvalue weighted by Gasteiger charge is -2.20. The number of carbonyl (C=O) groups is 4. The normalized spacial score (nSPS) is 17.0. The third-order valence-electron chi connectivity index (χ3n) is 7.32. The molecular formula is C36H56N8O11. The lowest BCUT2D eigenvalue weighted by atomic mass is 9.97.